The van der Waals surface area contributed by atoms with Crippen LogP contribution in [-0.2, 0) is 9.53 Å². The van der Waals surface area contributed by atoms with Crippen molar-refractivity contribution in [2.45, 2.75) is 0 Å². The number of nitrogens with one attached hydrogen (secondary N) is 1. The maximum Gasteiger partial charge on any atom is 0.338 e. The van der Waals surface area contributed by atoms with E-state index in [0.29, 0.717) is 0 Å². The molecule has 1 aliphatic heterocycles. The summed E-state index contributed by atoms with van der Waals surface area (Å²) in [6, 6.07) is 10.1. The average Bonchev–Trinajstić information content (AvgIpc) is 3.33. The van der Waals surface area contributed by atoms with Gasteiger partial charge in [-0.05, 0) is 42.5 Å². The molecular weight excluding hydrogens is 397 g/mol. The van der Waals surface area contributed by atoms with Gasteiger partial charge in [0, 0.05) is 6.07 Å². The maximum atomic E-state index is 13.1. The van der Waals surface area contributed by atoms with Gasteiger partial charge in [0.15, 0.2) is 12.4 Å². The van der Waals surface area contributed by atoms with Crippen LogP contribution in [0.1, 0.15) is 31.1 Å². The fourth-order valence-corrected chi connectivity index (χ4v) is 2.86. The topological polar surface area (TPSA) is 119 Å². The van der Waals surface area contributed by atoms with Gasteiger partial charge in [-0.2, -0.15) is 0 Å². The summed E-state index contributed by atoms with van der Waals surface area (Å²) in [6.45, 7) is -0.586. The normalized spacial score (nSPS) is 12.6. The molecule has 30 heavy (non-hydrogen) atoms. The van der Waals surface area contributed by atoms with Gasteiger partial charge in [0.25, 0.3) is 17.7 Å². The number of esters is 1. The van der Waals surface area contributed by atoms with Crippen LogP contribution in [0.3, 0.4) is 0 Å². The Hall–Kier alpha value is -4.34. The highest BCUT2D eigenvalue weighted by atomic mass is 19.1. The van der Waals surface area contributed by atoms with Gasteiger partial charge in [-0.25, -0.2) is 14.1 Å². The third-order valence-electron chi connectivity index (χ3n) is 4.25. The number of fused-ring (bicyclic) bond motifs is 1. The lowest BCUT2D eigenvalue weighted by Gasteiger charge is -2.13. The molecule has 0 saturated carbocycles. The zero-order valence-corrected chi connectivity index (χ0v) is 15.1. The molecule has 1 aliphatic rings. The van der Waals surface area contributed by atoms with Gasteiger partial charge in [0.1, 0.15) is 12.1 Å². The van der Waals surface area contributed by atoms with Gasteiger partial charge in [0.2, 0.25) is 0 Å². The van der Waals surface area contributed by atoms with Crippen LogP contribution in [0.2, 0.25) is 0 Å². The lowest BCUT2D eigenvalue weighted by Crippen LogP contribution is -2.29. The van der Waals surface area contributed by atoms with Crippen molar-refractivity contribution in [3.05, 3.63) is 77.3 Å². The molecule has 0 aliphatic carbocycles. The van der Waals surface area contributed by atoms with Gasteiger partial charge in [-0.1, -0.05) is 5.16 Å². The molecule has 0 unspecified atom stereocenters. The first-order valence-electron chi connectivity index (χ1n) is 8.60. The number of aromatic nitrogens is 1. The van der Waals surface area contributed by atoms with E-state index in [1.165, 1.54) is 42.7 Å². The van der Waals surface area contributed by atoms with Crippen LogP contribution in [0, 0.1) is 5.82 Å². The molecule has 10 heteroatoms. The van der Waals surface area contributed by atoms with Crippen LogP contribution in [0.4, 0.5) is 15.9 Å². The van der Waals surface area contributed by atoms with Crippen LogP contribution >= 0.6 is 0 Å². The van der Waals surface area contributed by atoms with Crippen molar-refractivity contribution in [3.63, 3.8) is 0 Å². The number of rotatable bonds is 5. The molecule has 0 radical (unpaired) electrons. The minimum absolute atomic E-state index is 0.00539. The Bertz CT molecular complexity index is 1160. The summed E-state index contributed by atoms with van der Waals surface area (Å²) in [7, 11) is 0. The van der Waals surface area contributed by atoms with Crippen molar-refractivity contribution in [2.24, 2.45) is 0 Å². The van der Waals surface area contributed by atoms with E-state index in [4.69, 9.17) is 4.74 Å². The number of hydrogen-bond donors (Lipinski definition) is 1. The van der Waals surface area contributed by atoms with Gasteiger partial charge < -0.3 is 14.6 Å². The van der Waals surface area contributed by atoms with Crippen LogP contribution in [0.25, 0.3) is 0 Å². The lowest BCUT2D eigenvalue weighted by atomic mass is 10.1. The quantitative estimate of drug-likeness (QED) is 0.508. The Morgan fingerprint density at radius 1 is 1.03 bits per heavy atom. The molecule has 150 valence electrons. The summed E-state index contributed by atoms with van der Waals surface area (Å²) in [5.74, 6) is -3.07. The van der Waals surface area contributed by atoms with E-state index in [0.717, 1.165) is 17.0 Å². The van der Waals surface area contributed by atoms with Crippen LogP contribution < -0.4 is 10.2 Å². The number of carbonyl (C=O) groups excluding carboxylic acids is 4. The molecule has 0 spiro atoms. The molecule has 4 rings (SSSR count). The summed E-state index contributed by atoms with van der Waals surface area (Å²) in [4.78, 5) is 50.1. The minimum atomic E-state index is -0.853. The van der Waals surface area contributed by atoms with Crippen molar-refractivity contribution in [1.82, 2.24) is 5.16 Å². The number of amides is 3. The van der Waals surface area contributed by atoms with Crippen molar-refractivity contribution < 1.29 is 32.8 Å². The third-order valence-corrected chi connectivity index (χ3v) is 4.25. The van der Waals surface area contributed by atoms with Crippen LogP contribution in [0.5, 0.6) is 0 Å². The molecule has 1 N–H and O–H groups in total. The number of nitrogens with zero attached hydrogens (tertiary/aromatic N) is 2. The SMILES string of the molecule is O=C(COC(=O)c1ccc2c(c1)C(=O)N(c1ccc(F)cc1)C2=O)Nc1ccon1. The first-order chi connectivity index (χ1) is 14.4. The van der Waals surface area contributed by atoms with Gasteiger partial charge in [-0.3, -0.25) is 14.4 Å². The zero-order chi connectivity index (χ0) is 21.3. The predicted octanol–water partition coefficient (Wildman–Crippen LogP) is 2.41. The Morgan fingerprint density at radius 2 is 1.77 bits per heavy atom. The number of imide groups is 1. The first-order valence-corrected chi connectivity index (χ1v) is 8.60. The predicted molar refractivity (Wildman–Crippen MR) is 99.4 cm³/mol. The first kappa shape index (κ1) is 19.0. The van der Waals surface area contributed by atoms with Crippen molar-refractivity contribution in [1.29, 1.82) is 0 Å². The Morgan fingerprint density at radius 3 is 2.47 bits per heavy atom. The molecular formula is C20H12FN3O6. The fourth-order valence-electron chi connectivity index (χ4n) is 2.86. The smallest absolute Gasteiger partial charge is 0.338 e. The number of ether oxygens (including phenoxy) is 1. The largest absolute Gasteiger partial charge is 0.452 e. The number of anilines is 2. The van der Waals surface area contributed by atoms with Crippen molar-refractivity contribution in [2.75, 3.05) is 16.8 Å². The summed E-state index contributed by atoms with van der Waals surface area (Å²) in [5, 5.41) is 5.85. The second kappa shape index (κ2) is 7.59. The van der Waals surface area contributed by atoms with E-state index in [1.54, 1.807) is 0 Å². The third kappa shape index (κ3) is 3.53. The number of carbonyl (C=O) groups is 4. The Kier molecular flexibility index (Phi) is 4.80. The Balaban J connectivity index is 1.47. The number of hydrogen-bond acceptors (Lipinski definition) is 7. The molecule has 3 aromatic rings. The van der Waals surface area contributed by atoms with E-state index in [9.17, 15) is 23.6 Å². The fraction of sp³-hybridized carbons (Fsp3) is 0.0500. The molecule has 0 bridgehead atoms. The van der Waals surface area contributed by atoms with Gasteiger partial charge in [0.05, 0.1) is 22.4 Å². The molecule has 2 heterocycles. The highest BCUT2D eigenvalue weighted by Gasteiger charge is 2.37. The van der Waals surface area contributed by atoms with Crippen molar-refractivity contribution >= 4 is 35.2 Å². The molecule has 1 aromatic heterocycles. The van der Waals surface area contributed by atoms with E-state index < -0.39 is 36.1 Å². The molecule has 2 aromatic carbocycles. The Labute approximate surface area is 168 Å². The highest BCUT2D eigenvalue weighted by molar-refractivity contribution is 6.34. The van der Waals surface area contributed by atoms with E-state index >= 15 is 0 Å². The standard InChI is InChI=1S/C20H12FN3O6/c21-12-2-4-13(5-3-12)24-18(26)14-6-1-11(9-15(14)19(24)27)20(28)29-10-17(25)22-16-7-8-30-23-16/h1-9H,10H2,(H,22,23,25). The van der Waals surface area contributed by atoms with Crippen molar-refractivity contribution in [3.8, 4) is 0 Å². The van der Waals surface area contributed by atoms with Crippen LogP contribution in [0.15, 0.2) is 59.3 Å². The van der Waals surface area contributed by atoms with E-state index in [-0.39, 0.29) is 28.2 Å². The monoisotopic (exact) mass is 409 g/mol. The lowest BCUT2D eigenvalue weighted by molar-refractivity contribution is -0.119. The highest BCUT2D eigenvalue weighted by Crippen LogP contribution is 2.29. The summed E-state index contributed by atoms with van der Waals surface area (Å²) in [6.07, 6.45) is 1.26. The molecule has 0 atom stereocenters. The number of benzene rings is 2. The number of halogens is 1. The summed E-state index contributed by atoms with van der Waals surface area (Å²) in [5.41, 5.74) is 0.303. The second-order valence-electron chi connectivity index (χ2n) is 6.19. The zero-order valence-electron chi connectivity index (χ0n) is 15.1. The second-order valence-corrected chi connectivity index (χ2v) is 6.19. The van der Waals surface area contributed by atoms with E-state index in [1.807, 2.05) is 0 Å². The molecule has 0 fully saturated rings. The minimum Gasteiger partial charge on any atom is -0.452 e. The molecule has 3 amide bonds. The van der Waals surface area contributed by atoms with E-state index in [2.05, 4.69) is 15.0 Å². The maximum absolute atomic E-state index is 13.1. The van der Waals surface area contributed by atoms with Gasteiger partial charge in [-0.15, -0.1) is 0 Å². The summed E-state index contributed by atoms with van der Waals surface area (Å²) >= 11 is 0. The summed E-state index contributed by atoms with van der Waals surface area (Å²) < 4.78 is 22.6. The van der Waals surface area contributed by atoms with Crippen LogP contribution in [-0.4, -0.2) is 35.5 Å². The average molecular weight is 409 g/mol. The molecule has 0 saturated heterocycles. The van der Waals surface area contributed by atoms with Gasteiger partial charge >= 0.3 is 5.97 Å². The molecule has 9 nitrogen and oxygen atoms in total.